The maximum atomic E-state index is 10.9. The van der Waals surface area contributed by atoms with Crippen LogP contribution >= 0.6 is 0 Å². The van der Waals surface area contributed by atoms with E-state index in [0.29, 0.717) is 0 Å². The lowest BCUT2D eigenvalue weighted by atomic mass is 10.2. The van der Waals surface area contributed by atoms with Crippen LogP contribution in [0.1, 0.15) is 5.56 Å². The van der Waals surface area contributed by atoms with Crippen LogP contribution in [0.4, 0.5) is 18.9 Å². The number of carbonyl (C=O) groups is 2. The zero-order chi connectivity index (χ0) is 15.8. The number of amides is 1. The summed E-state index contributed by atoms with van der Waals surface area (Å²) < 4.78 is 31.5. The first-order chi connectivity index (χ1) is 9.20. The lowest BCUT2D eigenvalue weighted by Crippen LogP contribution is -2.55. The molecule has 0 fully saturated rings. The number of alkyl halides is 3. The van der Waals surface area contributed by atoms with Gasteiger partial charge in [0.1, 0.15) is 5.97 Å². The van der Waals surface area contributed by atoms with Gasteiger partial charge in [-0.1, -0.05) is 12.1 Å². The highest BCUT2D eigenvalue weighted by Crippen LogP contribution is 2.11. The van der Waals surface area contributed by atoms with Crippen LogP contribution in [0.15, 0.2) is 24.3 Å². The number of quaternary nitrogens is 1. The summed E-state index contributed by atoms with van der Waals surface area (Å²) in [4.78, 5) is 19.7. The Hall–Kier alpha value is -2.13. The van der Waals surface area contributed by atoms with Crippen molar-refractivity contribution in [1.82, 2.24) is 0 Å². The Morgan fingerprint density at radius 3 is 2.00 bits per heavy atom. The number of aliphatic carboxylic acids is 1. The van der Waals surface area contributed by atoms with Crippen LogP contribution in [0.25, 0.3) is 0 Å². The van der Waals surface area contributed by atoms with Gasteiger partial charge in [-0.2, -0.15) is 13.2 Å². The number of halogens is 3. The summed E-state index contributed by atoms with van der Waals surface area (Å²) in [6.45, 7) is 0.241. The Bertz CT molecular complexity index is 446. The fraction of sp³-hybridized carbons (Fsp3) is 0.273. The third-order valence-corrected chi connectivity index (χ3v) is 1.88. The summed E-state index contributed by atoms with van der Waals surface area (Å²) in [6.07, 6.45) is -5.19. The third-order valence-electron chi connectivity index (χ3n) is 1.88. The number of carboxylic acids is 1. The Kier molecular flexibility index (Phi) is 7.26. The van der Waals surface area contributed by atoms with E-state index in [4.69, 9.17) is 15.0 Å². The highest BCUT2D eigenvalue weighted by molar-refractivity contribution is 5.91. The molecule has 0 aromatic heterocycles. The van der Waals surface area contributed by atoms with Gasteiger partial charge in [-0.3, -0.25) is 4.79 Å². The van der Waals surface area contributed by atoms with Gasteiger partial charge >= 0.3 is 6.18 Å². The molecule has 5 N–H and O–H groups in total. The van der Waals surface area contributed by atoms with Gasteiger partial charge in [-0.05, 0) is 17.7 Å². The number of carbonyl (C=O) groups excluding carboxylic acids is 2. The van der Waals surface area contributed by atoms with Crippen molar-refractivity contribution < 1.29 is 38.7 Å². The Morgan fingerprint density at radius 2 is 1.70 bits per heavy atom. The molecular weight excluding hydrogens is 281 g/mol. The lowest BCUT2D eigenvalue weighted by molar-refractivity contribution is -0.353. The molecule has 112 valence electrons. The number of benzene rings is 1. The molecule has 9 heteroatoms. The predicted octanol–water partition coefficient (Wildman–Crippen LogP) is -1.34. The minimum absolute atomic E-state index is 0.0174. The number of hydrogen-bond acceptors (Lipinski definition) is 4. The second-order valence-electron chi connectivity index (χ2n) is 3.44. The minimum atomic E-state index is -5.19. The van der Waals surface area contributed by atoms with Crippen molar-refractivity contribution in [3.63, 3.8) is 0 Å². The van der Waals surface area contributed by atoms with E-state index in [2.05, 4.69) is 11.1 Å². The zero-order valence-electron chi connectivity index (χ0n) is 10.2. The molecule has 20 heavy (non-hydrogen) atoms. The topological polar surface area (TPSA) is 117 Å². The summed E-state index contributed by atoms with van der Waals surface area (Å²) in [5.74, 6) is -3.12. The summed E-state index contributed by atoms with van der Waals surface area (Å²) >= 11 is 0. The van der Waals surface area contributed by atoms with Crippen molar-refractivity contribution in [2.45, 2.75) is 12.8 Å². The SMILES string of the molecule is O=C([O-])C(F)(F)F.[NH3+]CC(=O)Nc1ccc(CO)cc1. The van der Waals surface area contributed by atoms with E-state index in [1.165, 1.54) is 0 Å². The van der Waals surface area contributed by atoms with Crippen molar-refractivity contribution in [2.75, 3.05) is 11.9 Å². The van der Waals surface area contributed by atoms with Crippen LogP contribution in [0.3, 0.4) is 0 Å². The molecule has 1 amide bonds. The first kappa shape index (κ1) is 17.9. The molecule has 0 heterocycles. The smallest absolute Gasteiger partial charge is 0.430 e. The molecule has 0 atom stereocenters. The Morgan fingerprint density at radius 1 is 1.25 bits per heavy atom. The van der Waals surface area contributed by atoms with Crippen LogP contribution < -0.4 is 16.2 Å². The van der Waals surface area contributed by atoms with Gasteiger partial charge in [0, 0.05) is 5.69 Å². The number of anilines is 1. The highest BCUT2D eigenvalue weighted by Gasteiger charge is 2.28. The van der Waals surface area contributed by atoms with E-state index in [1.807, 2.05) is 0 Å². The van der Waals surface area contributed by atoms with Crippen LogP contribution in [0, 0.1) is 0 Å². The van der Waals surface area contributed by atoms with Gasteiger partial charge in [-0.15, -0.1) is 0 Å². The molecule has 0 unspecified atom stereocenters. The number of rotatable bonds is 3. The molecule has 0 aliphatic heterocycles. The Balaban J connectivity index is 0.000000441. The Labute approximate surface area is 112 Å². The van der Waals surface area contributed by atoms with Crippen LogP contribution in [0.5, 0.6) is 0 Å². The van der Waals surface area contributed by atoms with Gasteiger partial charge in [0.15, 0.2) is 6.54 Å². The fourth-order valence-corrected chi connectivity index (χ4v) is 0.917. The van der Waals surface area contributed by atoms with Crippen molar-refractivity contribution in [2.24, 2.45) is 0 Å². The first-order valence-corrected chi connectivity index (χ1v) is 5.27. The van der Waals surface area contributed by atoms with Crippen molar-refractivity contribution in [3.8, 4) is 0 Å². The first-order valence-electron chi connectivity index (χ1n) is 5.27. The molecule has 0 aliphatic carbocycles. The molecule has 1 aromatic rings. The molecule has 0 saturated heterocycles. The van der Waals surface area contributed by atoms with E-state index in [9.17, 15) is 18.0 Å². The summed E-state index contributed by atoms with van der Waals surface area (Å²) in [5.41, 5.74) is 5.02. The third kappa shape index (κ3) is 7.34. The fourth-order valence-electron chi connectivity index (χ4n) is 0.917. The number of hydrogen-bond donors (Lipinski definition) is 3. The zero-order valence-corrected chi connectivity index (χ0v) is 10.2. The molecular formula is C11H13F3N2O4. The molecule has 0 radical (unpaired) electrons. The van der Waals surface area contributed by atoms with Gasteiger partial charge in [-0.25, -0.2) is 0 Å². The van der Waals surface area contributed by atoms with Gasteiger partial charge in [0.25, 0.3) is 5.91 Å². The molecule has 0 spiro atoms. The second kappa shape index (κ2) is 8.12. The molecule has 0 bridgehead atoms. The summed E-state index contributed by atoms with van der Waals surface area (Å²) in [5, 5.41) is 20.2. The van der Waals surface area contributed by atoms with Crippen LogP contribution in [-0.2, 0) is 16.2 Å². The van der Waals surface area contributed by atoms with E-state index in [0.717, 1.165) is 11.3 Å². The maximum absolute atomic E-state index is 10.9. The second-order valence-corrected chi connectivity index (χ2v) is 3.44. The normalized spacial score (nSPS) is 10.2. The molecule has 0 saturated carbocycles. The molecule has 1 rings (SSSR count). The quantitative estimate of drug-likeness (QED) is 0.639. The van der Waals surface area contributed by atoms with Crippen molar-refractivity contribution >= 4 is 17.6 Å². The number of aliphatic hydroxyl groups is 1. The van der Waals surface area contributed by atoms with Crippen LogP contribution in [0.2, 0.25) is 0 Å². The van der Waals surface area contributed by atoms with Crippen LogP contribution in [-0.4, -0.2) is 29.7 Å². The molecule has 0 aliphatic rings. The monoisotopic (exact) mass is 294 g/mol. The predicted molar refractivity (Wildman–Crippen MR) is 59.8 cm³/mol. The van der Waals surface area contributed by atoms with E-state index >= 15 is 0 Å². The average Bonchev–Trinajstić information content (AvgIpc) is 2.39. The van der Waals surface area contributed by atoms with Gasteiger partial charge in [0.05, 0.1) is 6.61 Å². The lowest BCUT2D eigenvalue weighted by Gasteiger charge is -2.03. The largest absolute Gasteiger partial charge is 0.542 e. The number of carboxylic acid groups (broad SMARTS) is 1. The van der Waals surface area contributed by atoms with E-state index in [1.54, 1.807) is 24.3 Å². The summed E-state index contributed by atoms with van der Waals surface area (Å²) in [6, 6.07) is 7.02. The molecule has 1 aromatic carbocycles. The average molecular weight is 294 g/mol. The highest BCUT2D eigenvalue weighted by atomic mass is 19.4. The number of nitrogens with one attached hydrogen (secondary N) is 1. The van der Waals surface area contributed by atoms with Crippen molar-refractivity contribution in [1.29, 1.82) is 0 Å². The number of aliphatic hydroxyl groups excluding tert-OH is 1. The maximum Gasteiger partial charge on any atom is 0.430 e. The van der Waals surface area contributed by atoms with Gasteiger partial charge in [0.2, 0.25) is 0 Å². The van der Waals surface area contributed by atoms with E-state index < -0.39 is 12.1 Å². The minimum Gasteiger partial charge on any atom is -0.542 e. The van der Waals surface area contributed by atoms with E-state index in [-0.39, 0.29) is 19.1 Å². The standard InChI is InChI=1S/C9H12N2O2.C2HF3O2/c10-5-9(13)11-8-3-1-7(6-12)2-4-8;3-2(4,5)1(6)7/h1-4,12H,5-6,10H2,(H,11,13);(H,6,7). The van der Waals surface area contributed by atoms with Gasteiger partial charge < -0.3 is 26.1 Å². The summed E-state index contributed by atoms with van der Waals surface area (Å²) in [7, 11) is 0. The van der Waals surface area contributed by atoms with Crippen molar-refractivity contribution in [3.05, 3.63) is 29.8 Å². The molecule has 6 nitrogen and oxygen atoms in total.